The Balaban J connectivity index is 1.42. The minimum Gasteiger partial charge on any atom is -0.356 e. The normalized spacial score (nSPS) is 16.6. The predicted octanol–water partition coefficient (Wildman–Crippen LogP) is 3.58. The molecule has 5 heteroatoms. The minimum atomic E-state index is -0.110. The van der Waals surface area contributed by atoms with Gasteiger partial charge in [-0.15, -0.1) is 0 Å². The van der Waals surface area contributed by atoms with E-state index in [2.05, 4.69) is 33.1 Å². The Hall–Kier alpha value is -2.82. The minimum absolute atomic E-state index is 0.110. The summed E-state index contributed by atoms with van der Waals surface area (Å²) >= 11 is 0. The molecule has 1 fully saturated rings. The highest BCUT2D eigenvalue weighted by Crippen LogP contribution is 2.40. The topological polar surface area (TPSA) is 65.5 Å². The zero-order chi connectivity index (χ0) is 17.1. The summed E-state index contributed by atoms with van der Waals surface area (Å²) in [5.74, 6) is 1.38. The molecule has 0 aromatic heterocycles. The number of benzene rings is 2. The Morgan fingerprint density at radius 2 is 1.92 bits per heavy atom. The summed E-state index contributed by atoms with van der Waals surface area (Å²) in [6.45, 7) is 1.75. The highest BCUT2D eigenvalue weighted by molar-refractivity contribution is 6.05. The second-order valence-electron chi connectivity index (χ2n) is 6.57. The van der Waals surface area contributed by atoms with Crippen LogP contribution in [0.4, 0.5) is 11.4 Å². The van der Waals surface area contributed by atoms with Crippen molar-refractivity contribution >= 4 is 23.2 Å². The Morgan fingerprint density at radius 1 is 1.08 bits per heavy atom. The molecule has 1 saturated carbocycles. The molecule has 1 aliphatic heterocycles. The fourth-order valence-corrected chi connectivity index (χ4v) is 2.95. The van der Waals surface area contributed by atoms with Gasteiger partial charge in [-0.1, -0.05) is 18.2 Å². The van der Waals surface area contributed by atoms with Gasteiger partial charge in [0.25, 0.3) is 5.91 Å². The quantitative estimate of drug-likeness (QED) is 0.801. The molecule has 0 saturated heterocycles. The molecular formula is C20H22N4O. The van der Waals surface area contributed by atoms with Gasteiger partial charge in [0.15, 0.2) is 5.96 Å². The van der Waals surface area contributed by atoms with E-state index in [9.17, 15) is 4.79 Å². The van der Waals surface area contributed by atoms with E-state index in [0.717, 1.165) is 42.8 Å². The van der Waals surface area contributed by atoms with E-state index >= 15 is 0 Å². The molecule has 2 aromatic carbocycles. The van der Waals surface area contributed by atoms with Crippen LogP contribution in [0.15, 0.2) is 53.5 Å². The first-order chi connectivity index (χ1) is 12.3. The molecule has 1 heterocycles. The van der Waals surface area contributed by atoms with Crippen LogP contribution in [0.2, 0.25) is 0 Å². The van der Waals surface area contributed by atoms with E-state index in [-0.39, 0.29) is 5.91 Å². The lowest BCUT2D eigenvalue weighted by molar-refractivity contribution is 0.102. The SMILES string of the molecule is O=C(Nc1ccc(C2CC2)cc1)c1cccc(NC2=NCCCN2)c1. The number of rotatable bonds is 4. The molecule has 1 aliphatic carbocycles. The number of anilines is 2. The number of nitrogens with zero attached hydrogens (tertiary/aromatic N) is 1. The number of amides is 1. The summed E-state index contributed by atoms with van der Waals surface area (Å²) in [6, 6.07) is 15.6. The Morgan fingerprint density at radius 3 is 2.64 bits per heavy atom. The highest BCUT2D eigenvalue weighted by atomic mass is 16.1. The number of guanidine groups is 1. The van der Waals surface area contributed by atoms with Gasteiger partial charge in [-0.2, -0.15) is 0 Å². The van der Waals surface area contributed by atoms with Crippen LogP contribution in [0, 0.1) is 0 Å². The van der Waals surface area contributed by atoms with Gasteiger partial charge in [0.1, 0.15) is 0 Å². The molecule has 5 nitrogen and oxygen atoms in total. The summed E-state index contributed by atoms with van der Waals surface area (Å²) < 4.78 is 0. The molecule has 1 amide bonds. The van der Waals surface area contributed by atoms with Crippen LogP contribution in [-0.4, -0.2) is 25.0 Å². The molecule has 2 aromatic rings. The first-order valence-corrected chi connectivity index (χ1v) is 8.85. The van der Waals surface area contributed by atoms with Gasteiger partial charge < -0.3 is 16.0 Å². The van der Waals surface area contributed by atoms with Crippen LogP contribution in [0.3, 0.4) is 0 Å². The smallest absolute Gasteiger partial charge is 0.255 e. The molecule has 4 rings (SSSR count). The van der Waals surface area contributed by atoms with Crippen molar-refractivity contribution in [2.75, 3.05) is 23.7 Å². The van der Waals surface area contributed by atoms with Crippen molar-refractivity contribution in [1.29, 1.82) is 0 Å². The maximum atomic E-state index is 12.5. The Labute approximate surface area is 147 Å². The van der Waals surface area contributed by atoms with Gasteiger partial charge in [0.2, 0.25) is 0 Å². The zero-order valence-electron chi connectivity index (χ0n) is 14.1. The molecule has 25 heavy (non-hydrogen) atoms. The van der Waals surface area contributed by atoms with Crippen LogP contribution >= 0.6 is 0 Å². The molecule has 0 atom stereocenters. The number of aliphatic imine (C=N–C) groups is 1. The largest absolute Gasteiger partial charge is 0.356 e. The third kappa shape index (κ3) is 3.99. The summed E-state index contributed by atoms with van der Waals surface area (Å²) in [6.07, 6.45) is 3.62. The van der Waals surface area contributed by atoms with E-state index in [1.807, 2.05) is 36.4 Å². The Bertz CT molecular complexity index is 794. The second kappa shape index (κ2) is 6.97. The average Bonchev–Trinajstić information content (AvgIpc) is 3.49. The lowest BCUT2D eigenvalue weighted by Crippen LogP contribution is -2.35. The summed E-state index contributed by atoms with van der Waals surface area (Å²) in [7, 11) is 0. The van der Waals surface area contributed by atoms with Gasteiger partial charge >= 0.3 is 0 Å². The fourth-order valence-electron chi connectivity index (χ4n) is 2.95. The molecule has 2 aliphatic rings. The number of hydrogen-bond donors (Lipinski definition) is 3. The first kappa shape index (κ1) is 15.7. The standard InChI is InChI=1S/C20H22N4O/c25-19(23-17-9-7-15(8-10-17)14-5-6-14)16-3-1-4-18(13-16)24-20-21-11-2-12-22-20/h1,3-4,7-10,13-14H,2,5-6,11-12H2,(H,23,25)(H2,21,22,24). The van der Waals surface area contributed by atoms with Crippen LogP contribution in [0.5, 0.6) is 0 Å². The lowest BCUT2D eigenvalue weighted by atomic mass is 10.1. The van der Waals surface area contributed by atoms with Gasteiger partial charge in [-0.3, -0.25) is 9.79 Å². The molecular weight excluding hydrogens is 312 g/mol. The van der Waals surface area contributed by atoms with E-state index in [1.165, 1.54) is 18.4 Å². The maximum Gasteiger partial charge on any atom is 0.255 e. The van der Waals surface area contributed by atoms with Crippen LogP contribution < -0.4 is 16.0 Å². The van der Waals surface area contributed by atoms with Crippen molar-refractivity contribution in [1.82, 2.24) is 5.32 Å². The van der Waals surface area contributed by atoms with Crippen molar-refractivity contribution < 1.29 is 4.79 Å². The molecule has 0 unspecified atom stereocenters. The number of carbonyl (C=O) groups excluding carboxylic acids is 1. The summed E-state index contributed by atoms with van der Waals surface area (Å²) in [5.41, 5.74) is 3.66. The molecule has 128 valence electrons. The average molecular weight is 334 g/mol. The van der Waals surface area contributed by atoms with Crippen LogP contribution in [-0.2, 0) is 0 Å². The zero-order valence-corrected chi connectivity index (χ0v) is 14.1. The van der Waals surface area contributed by atoms with Gasteiger partial charge in [0, 0.05) is 30.0 Å². The van der Waals surface area contributed by atoms with Gasteiger partial charge in [-0.05, 0) is 61.1 Å². The third-order valence-corrected chi connectivity index (χ3v) is 4.50. The molecule has 0 spiro atoms. The fraction of sp³-hybridized carbons (Fsp3) is 0.300. The van der Waals surface area contributed by atoms with E-state index < -0.39 is 0 Å². The van der Waals surface area contributed by atoms with Crippen LogP contribution in [0.1, 0.15) is 41.1 Å². The monoisotopic (exact) mass is 334 g/mol. The van der Waals surface area contributed by atoms with Crippen molar-refractivity contribution in [2.24, 2.45) is 4.99 Å². The van der Waals surface area contributed by atoms with E-state index in [1.54, 1.807) is 0 Å². The van der Waals surface area contributed by atoms with E-state index in [4.69, 9.17) is 0 Å². The van der Waals surface area contributed by atoms with Crippen LogP contribution in [0.25, 0.3) is 0 Å². The number of hydrogen-bond acceptors (Lipinski definition) is 4. The highest BCUT2D eigenvalue weighted by Gasteiger charge is 2.23. The van der Waals surface area contributed by atoms with Crippen molar-refractivity contribution in [2.45, 2.75) is 25.2 Å². The molecule has 3 N–H and O–H groups in total. The summed E-state index contributed by atoms with van der Waals surface area (Å²) in [4.78, 5) is 16.9. The van der Waals surface area contributed by atoms with E-state index in [0.29, 0.717) is 5.56 Å². The first-order valence-electron chi connectivity index (χ1n) is 8.85. The maximum absolute atomic E-state index is 12.5. The number of carbonyl (C=O) groups is 1. The van der Waals surface area contributed by atoms with Crippen molar-refractivity contribution in [3.8, 4) is 0 Å². The van der Waals surface area contributed by atoms with Gasteiger partial charge in [-0.25, -0.2) is 0 Å². The third-order valence-electron chi connectivity index (χ3n) is 4.50. The number of nitrogens with one attached hydrogen (secondary N) is 3. The summed E-state index contributed by atoms with van der Waals surface area (Å²) in [5, 5.41) is 9.40. The Kier molecular flexibility index (Phi) is 4.37. The van der Waals surface area contributed by atoms with Crippen molar-refractivity contribution in [3.05, 3.63) is 59.7 Å². The molecule has 0 radical (unpaired) electrons. The van der Waals surface area contributed by atoms with Crippen molar-refractivity contribution in [3.63, 3.8) is 0 Å². The van der Waals surface area contributed by atoms with Gasteiger partial charge in [0.05, 0.1) is 0 Å². The lowest BCUT2D eigenvalue weighted by Gasteiger charge is -2.16. The molecule has 0 bridgehead atoms. The second-order valence-corrected chi connectivity index (χ2v) is 6.57. The predicted molar refractivity (Wildman–Crippen MR) is 101 cm³/mol.